The van der Waals surface area contributed by atoms with Crippen molar-refractivity contribution in [3.05, 3.63) is 53.6 Å². The lowest BCUT2D eigenvalue weighted by atomic mass is 10.1. The first-order valence-corrected chi connectivity index (χ1v) is 8.22. The van der Waals surface area contributed by atoms with Gasteiger partial charge in [0, 0.05) is 13.1 Å². The number of aromatic hydroxyl groups is 1. The van der Waals surface area contributed by atoms with E-state index in [0.717, 1.165) is 38.9 Å². The summed E-state index contributed by atoms with van der Waals surface area (Å²) in [6.07, 6.45) is 3.03. The molecule has 4 heteroatoms. The Morgan fingerprint density at radius 3 is 2.17 bits per heavy atom. The number of anilines is 2. The van der Waals surface area contributed by atoms with Crippen molar-refractivity contribution in [2.45, 2.75) is 26.2 Å². The van der Waals surface area contributed by atoms with Crippen LogP contribution in [0, 0.1) is 0 Å². The van der Waals surface area contributed by atoms with E-state index in [-0.39, 0.29) is 0 Å². The molecule has 0 radical (unpaired) electrons. The monoisotopic (exact) mass is 313 g/mol. The van der Waals surface area contributed by atoms with Crippen LogP contribution in [-0.2, 0) is 12.8 Å². The van der Waals surface area contributed by atoms with Gasteiger partial charge in [0.15, 0.2) is 0 Å². The molecule has 2 aromatic rings. The molecule has 0 aliphatic rings. The average Bonchev–Trinajstić information content (AvgIpc) is 2.53. The molecule has 2 aromatic carbocycles. The third-order valence-corrected chi connectivity index (χ3v) is 4.04. The van der Waals surface area contributed by atoms with Crippen LogP contribution in [0.1, 0.15) is 24.5 Å². The first-order valence-electron chi connectivity index (χ1n) is 8.22. The second-order valence-corrected chi connectivity index (χ2v) is 5.97. The minimum atomic E-state index is 0.335. The van der Waals surface area contributed by atoms with Gasteiger partial charge in [-0.15, -0.1) is 0 Å². The standard InChI is InChI=1S/C19H27N3O/c1-2-10-22(11-8-15-4-3-5-17(23)13-15)12-9-16-6-7-18(20)19(21)14-16/h3-7,13-14,23H,2,8-12,20-21H2,1H3. The summed E-state index contributed by atoms with van der Waals surface area (Å²) in [6.45, 7) is 5.25. The number of nitrogens with two attached hydrogens (primary N) is 2. The number of hydrogen-bond acceptors (Lipinski definition) is 4. The second kappa shape index (κ2) is 8.44. The van der Waals surface area contributed by atoms with Gasteiger partial charge in [-0.3, -0.25) is 0 Å². The van der Waals surface area contributed by atoms with Gasteiger partial charge in [0.25, 0.3) is 0 Å². The lowest BCUT2D eigenvalue weighted by Gasteiger charge is -2.22. The lowest BCUT2D eigenvalue weighted by molar-refractivity contribution is 0.281. The highest BCUT2D eigenvalue weighted by Crippen LogP contribution is 2.17. The minimum absolute atomic E-state index is 0.335. The quantitative estimate of drug-likeness (QED) is 0.655. The molecule has 124 valence electrons. The Morgan fingerprint density at radius 2 is 1.57 bits per heavy atom. The molecule has 0 saturated carbocycles. The van der Waals surface area contributed by atoms with Gasteiger partial charge in [0.1, 0.15) is 5.75 Å². The third kappa shape index (κ3) is 5.49. The summed E-state index contributed by atoms with van der Waals surface area (Å²) in [4.78, 5) is 2.45. The molecule has 0 bridgehead atoms. The fraction of sp³-hybridized carbons (Fsp3) is 0.368. The first-order chi connectivity index (χ1) is 11.1. The maximum absolute atomic E-state index is 9.55. The largest absolute Gasteiger partial charge is 0.508 e. The summed E-state index contributed by atoms with van der Waals surface area (Å²) in [5.41, 5.74) is 15.3. The summed E-state index contributed by atoms with van der Waals surface area (Å²) in [5.74, 6) is 0.335. The normalized spacial score (nSPS) is 11.0. The van der Waals surface area contributed by atoms with Crippen LogP contribution < -0.4 is 11.5 Å². The Hall–Kier alpha value is -2.20. The molecule has 0 aromatic heterocycles. The zero-order valence-electron chi connectivity index (χ0n) is 13.8. The molecule has 5 N–H and O–H groups in total. The zero-order valence-corrected chi connectivity index (χ0v) is 13.8. The van der Waals surface area contributed by atoms with Crippen LogP contribution in [0.3, 0.4) is 0 Å². The molecule has 0 atom stereocenters. The SMILES string of the molecule is CCCN(CCc1cccc(O)c1)CCc1ccc(N)c(N)c1. The summed E-state index contributed by atoms with van der Waals surface area (Å²) < 4.78 is 0. The van der Waals surface area contributed by atoms with Gasteiger partial charge in [-0.05, 0) is 61.2 Å². The predicted octanol–water partition coefficient (Wildman–Crippen LogP) is 3.05. The third-order valence-electron chi connectivity index (χ3n) is 4.04. The highest BCUT2D eigenvalue weighted by Gasteiger charge is 2.06. The Bertz CT molecular complexity index is 628. The van der Waals surface area contributed by atoms with E-state index in [2.05, 4.69) is 17.9 Å². The van der Waals surface area contributed by atoms with Gasteiger partial charge in [-0.1, -0.05) is 25.1 Å². The molecule has 0 aliphatic carbocycles. The molecule has 23 heavy (non-hydrogen) atoms. The first kappa shape index (κ1) is 17.2. The Balaban J connectivity index is 1.89. The maximum Gasteiger partial charge on any atom is 0.115 e. The molecular weight excluding hydrogens is 286 g/mol. The summed E-state index contributed by atoms with van der Waals surface area (Å²) in [7, 11) is 0. The topological polar surface area (TPSA) is 75.5 Å². The van der Waals surface area contributed by atoms with E-state index in [9.17, 15) is 5.11 Å². The van der Waals surface area contributed by atoms with Crippen molar-refractivity contribution in [2.75, 3.05) is 31.1 Å². The molecule has 2 rings (SSSR count). The van der Waals surface area contributed by atoms with Gasteiger partial charge in [-0.25, -0.2) is 0 Å². The molecule has 0 aliphatic heterocycles. The summed E-state index contributed by atoms with van der Waals surface area (Å²) >= 11 is 0. The van der Waals surface area contributed by atoms with Crippen molar-refractivity contribution in [3.63, 3.8) is 0 Å². The molecule has 4 nitrogen and oxygen atoms in total. The van der Waals surface area contributed by atoms with E-state index in [1.807, 2.05) is 30.3 Å². The van der Waals surface area contributed by atoms with Crippen LogP contribution in [-0.4, -0.2) is 29.6 Å². The van der Waals surface area contributed by atoms with Gasteiger partial charge < -0.3 is 21.5 Å². The highest BCUT2D eigenvalue weighted by molar-refractivity contribution is 5.63. The Morgan fingerprint density at radius 1 is 0.870 bits per heavy atom. The number of phenolic OH excluding ortho intramolecular Hbond substituents is 1. The number of hydrogen-bond donors (Lipinski definition) is 3. The van der Waals surface area contributed by atoms with Crippen molar-refractivity contribution < 1.29 is 5.11 Å². The maximum atomic E-state index is 9.55. The molecule has 0 spiro atoms. The van der Waals surface area contributed by atoms with Crippen LogP contribution in [0.2, 0.25) is 0 Å². The minimum Gasteiger partial charge on any atom is -0.508 e. The second-order valence-electron chi connectivity index (χ2n) is 5.97. The van der Waals surface area contributed by atoms with Crippen LogP contribution in [0.25, 0.3) is 0 Å². The smallest absolute Gasteiger partial charge is 0.115 e. The average molecular weight is 313 g/mol. The Kier molecular flexibility index (Phi) is 6.29. The van der Waals surface area contributed by atoms with E-state index in [4.69, 9.17) is 11.5 Å². The van der Waals surface area contributed by atoms with Crippen molar-refractivity contribution in [3.8, 4) is 5.75 Å². The number of phenols is 1. The van der Waals surface area contributed by atoms with E-state index in [0.29, 0.717) is 17.1 Å². The van der Waals surface area contributed by atoms with Crippen LogP contribution >= 0.6 is 0 Å². The van der Waals surface area contributed by atoms with E-state index in [1.54, 1.807) is 6.07 Å². The number of benzene rings is 2. The van der Waals surface area contributed by atoms with E-state index >= 15 is 0 Å². The van der Waals surface area contributed by atoms with Crippen molar-refractivity contribution in [2.24, 2.45) is 0 Å². The van der Waals surface area contributed by atoms with Gasteiger partial charge in [-0.2, -0.15) is 0 Å². The summed E-state index contributed by atoms with van der Waals surface area (Å²) in [5, 5.41) is 9.55. The molecule has 0 unspecified atom stereocenters. The van der Waals surface area contributed by atoms with Gasteiger partial charge in [0.2, 0.25) is 0 Å². The van der Waals surface area contributed by atoms with Crippen LogP contribution in [0.4, 0.5) is 11.4 Å². The number of nitrogens with zero attached hydrogens (tertiary/aromatic N) is 1. The molecule has 0 saturated heterocycles. The van der Waals surface area contributed by atoms with E-state index in [1.165, 1.54) is 11.1 Å². The van der Waals surface area contributed by atoms with Gasteiger partial charge in [0.05, 0.1) is 11.4 Å². The zero-order chi connectivity index (χ0) is 16.7. The number of nitrogen functional groups attached to an aromatic ring is 2. The predicted molar refractivity (Wildman–Crippen MR) is 97.5 cm³/mol. The fourth-order valence-electron chi connectivity index (χ4n) is 2.72. The molecular formula is C19H27N3O. The highest BCUT2D eigenvalue weighted by atomic mass is 16.3. The van der Waals surface area contributed by atoms with Crippen molar-refractivity contribution >= 4 is 11.4 Å². The molecule has 0 heterocycles. The van der Waals surface area contributed by atoms with E-state index < -0.39 is 0 Å². The Labute approximate surface area is 138 Å². The van der Waals surface area contributed by atoms with Crippen LogP contribution in [0.5, 0.6) is 5.75 Å². The van der Waals surface area contributed by atoms with Crippen LogP contribution in [0.15, 0.2) is 42.5 Å². The number of rotatable bonds is 8. The van der Waals surface area contributed by atoms with Crippen molar-refractivity contribution in [1.29, 1.82) is 0 Å². The van der Waals surface area contributed by atoms with Gasteiger partial charge >= 0.3 is 0 Å². The lowest BCUT2D eigenvalue weighted by Crippen LogP contribution is -2.29. The van der Waals surface area contributed by atoms with Crippen molar-refractivity contribution in [1.82, 2.24) is 4.90 Å². The molecule has 0 amide bonds. The molecule has 0 fully saturated rings. The summed E-state index contributed by atoms with van der Waals surface area (Å²) in [6, 6.07) is 13.4. The fourth-order valence-corrected chi connectivity index (χ4v) is 2.72.